The molecule has 3 nitrogen and oxygen atoms in total. The molecule has 4 heteroatoms. The molecule has 1 saturated carbocycles. The molecule has 1 aromatic rings. The lowest BCUT2D eigenvalue weighted by atomic mass is 9.92. The minimum absolute atomic E-state index is 0.174. The van der Waals surface area contributed by atoms with Gasteiger partial charge in [0.25, 0.3) is 5.91 Å². The Kier molecular flexibility index (Phi) is 3.52. The number of amides is 1. The van der Waals surface area contributed by atoms with Crippen LogP contribution in [0, 0.1) is 18.2 Å². The summed E-state index contributed by atoms with van der Waals surface area (Å²) in [6.07, 6.45) is 3.04. The lowest BCUT2D eigenvalue weighted by molar-refractivity contribution is 0.0935. The van der Waals surface area contributed by atoms with Crippen molar-refractivity contribution in [1.82, 2.24) is 5.32 Å². The van der Waals surface area contributed by atoms with Crippen LogP contribution < -0.4 is 11.1 Å². The average molecular weight is 264 g/mol. The van der Waals surface area contributed by atoms with Crippen LogP contribution in [0.3, 0.4) is 0 Å². The third-order valence-electron chi connectivity index (χ3n) is 3.95. The number of hydrogen-bond donors (Lipinski definition) is 2. The molecule has 0 heterocycles. The Hall–Kier alpha value is -1.58. The van der Waals surface area contributed by atoms with E-state index in [0.717, 1.165) is 19.3 Å². The molecular weight excluding hydrogens is 243 g/mol. The third kappa shape index (κ3) is 3.06. The van der Waals surface area contributed by atoms with Gasteiger partial charge in [-0.05, 0) is 43.7 Å². The van der Waals surface area contributed by atoms with Crippen LogP contribution in [0.5, 0.6) is 0 Å². The normalized spacial score (nSPS) is 21.4. The summed E-state index contributed by atoms with van der Waals surface area (Å²) < 4.78 is 13.6. The fourth-order valence-corrected chi connectivity index (χ4v) is 2.66. The van der Waals surface area contributed by atoms with Crippen LogP contribution in [0.2, 0.25) is 0 Å². The van der Waals surface area contributed by atoms with Gasteiger partial charge in [0.05, 0.1) is 0 Å². The summed E-state index contributed by atoms with van der Waals surface area (Å²) in [6.45, 7) is 6.00. The third-order valence-corrected chi connectivity index (χ3v) is 3.95. The van der Waals surface area contributed by atoms with Gasteiger partial charge in [-0.1, -0.05) is 13.8 Å². The number of nitrogen functional groups attached to an aromatic ring is 1. The number of carbonyl (C=O) groups excluding carboxylic acids is 1. The van der Waals surface area contributed by atoms with Crippen LogP contribution in [-0.2, 0) is 0 Å². The number of nitrogens with one attached hydrogen (secondary N) is 1. The van der Waals surface area contributed by atoms with Crippen LogP contribution >= 0.6 is 0 Å². The van der Waals surface area contributed by atoms with E-state index in [1.807, 2.05) is 0 Å². The first-order chi connectivity index (χ1) is 8.78. The number of rotatable bonds is 2. The van der Waals surface area contributed by atoms with Crippen molar-refractivity contribution in [3.8, 4) is 0 Å². The number of nitrogens with two attached hydrogens (primary N) is 1. The topological polar surface area (TPSA) is 55.1 Å². The SMILES string of the molecule is Cc1c(N)cc(C(=O)NC2CCC(C)(C)C2)cc1F. The van der Waals surface area contributed by atoms with Gasteiger partial charge >= 0.3 is 0 Å². The molecule has 1 fully saturated rings. The number of hydrogen-bond acceptors (Lipinski definition) is 2. The van der Waals surface area contributed by atoms with Crippen molar-refractivity contribution in [2.75, 3.05) is 5.73 Å². The Labute approximate surface area is 113 Å². The highest BCUT2D eigenvalue weighted by atomic mass is 19.1. The second kappa shape index (κ2) is 4.83. The van der Waals surface area contributed by atoms with E-state index in [1.54, 1.807) is 6.92 Å². The summed E-state index contributed by atoms with van der Waals surface area (Å²) in [4.78, 5) is 12.1. The van der Waals surface area contributed by atoms with Crippen LogP contribution in [0.1, 0.15) is 49.0 Å². The maximum absolute atomic E-state index is 13.6. The molecule has 0 bridgehead atoms. The Morgan fingerprint density at radius 3 is 2.68 bits per heavy atom. The fraction of sp³-hybridized carbons (Fsp3) is 0.533. The molecule has 0 saturated heterocycles. The van der Waals surface area contributed by atoms with E-state index in [2.05, 4.69) is 19.2 Å². The maximum atomic E-state index is 13.6. The fourth-order valence-electron chi connectivity index (χ4n) is 2.66. The Morgan fingerprint density at radius 2 is 2.16 bits per heavy atom. The zero-order valence-electron chi connectivity index (χ0n) is 11.7. The quantitative estimate of drug-likeness (QED) is 0.807. The zero-order chi connectivity index (χ0) is 14.2. The Morgan fingerprint density at radius 1 is 1.47 bits per heavy atom. The molecule has 2 rings (SSSR count). The van der Waals surface area contributed by atoms with E-state index >= 15 is 0 Å². The van der Waals surface area contributed by atoms with Gasteiger partial charge in [-0.15, -0.1) is 0 Å². The molecule has 0 radical (unpaired) electrons. The van der Waals surface area contributed by atoms with E-state index in [-0.39, 0.29) is 17.4 Å². The number of halogens is 1. The van der Waals surface area contributed by atoms with Crippen molar-refractivity contribution in [2.45, 2.75) is 46.1 Å². The van der Waals surface area contributed by atoms with Gasteiger partial charge in [-0.3, -0.25) is 4.79 Å². The van der Waals surface area contributed by atoms with Crippen molar-refractivity contribution in [3.63, 3.8) is 0 Å². The molecule has 1 aliphatic rings. The largest absolute Gasteiger partial charge is 0.398 e. The molecular formula is C15H21FN2O. The Balaban J connectivity index is 2.09. The van der Waals surface area contributed by atoms with Gasteiger partial charge in [-0.25, -0.2) is 4.39 Å². The highest BCUT2D eigenvalue weighted by molar-refractivity contribution is 5.95. The molecule has 0 spiro atoms. The first-order valence-electron chi connectivity index (χ1n) is 6.65. The minimum atomic E-state index is -0.433. The van der Waals surface area contributed by atoms with Gasteiger partial charge < -0.3 is 11.1 Å². The first kappa shape index (κ1) is 13.8. The number of benzene rings is 1. The van der Waals surface area contributed by atoms with Crippen molar-refractivity contribution in [3.05, 3.63) is 29.1 Å². The minimum Gasteiger partial charge on any atom is -0.398 e. The van der Waals surface area contributed by atoms with Crippen molar-refractivity contribution < 1.29 is 9.18 Å². The van der Waals surface area contributed by atoms with Crippen LogP contribution in [0.4, 0.5) is 10.1 Å². The second-order valence-electron chi connectivity index (χ2n) is 6.25. The second-order valence-corrected chi connectivity index (χ2v) is 6.25. The number of carbonyl (C=O) groups is 1. The smallest absolute Gasteiger partial charge is 0.251 e. The summed E-state index contributed by atoms with van der Waals surface area (Å²) in [6, 6.07) is 2.96. The van der Waals surface area contributed by atoms with Crippen molar-refractivity contribution in [2.24, 2.45) is 5.41 Å². The first-order valence-corrected chi connectivity index (χ1v) is 6.65. The van der Waals surface area contributed by atoms with E-state index < -0.39 is 5.82 Å². The molecule has 0 aliphatic heterocycles. The lowest BCUT2D eigenvalue weighted by Crippen LogP contribution is -2.33. The lowest BCUT2D eigenvalue weighted by Gasteiger charge is -2.18. The Bertz CT molecular complexity index is 488. The summed E-state index contributed by atoms with van der Waals surface area (Å²) in [5, 5.41) is 2.96. The molecule has 1 atom stereocenters. The number of anilines is 1. The van der Waals surface area contributed by atoms with Crippen LogP contribution in [0.25, 0.3) is 0 Å². The summed E-state index contributed by atoms with van der Waals surface area (Å²) in [5.74, 6) is -0.676. The molecule has 104 valence electrons. The van der Waals surface area contributed by atoms with Crippen LogP contribution in [-0.4, -0.2) is 11.9 Å². The molecule has 19 heavy (non-hydrogen) atoms. The molecule has 3 N–H and O–H groups in total. The average Bonchev–Trinajstić information content (AvgIpc) is 2.64. The summed E-state index contributed by atoms with van der Waals surface area (Å²) in [7, 11) is 0. The highest BCUT2D eigenvalue weighted by Gasteiger charge is 2.31. The molecule has 1 aliphatic carbocycles. The van der Waals surface area contributed by atoms with Gasteiger partial charge in [0.15, 0.2) is 0 Å². The predicted molar refractivity (Wildman–Crippen MR) is 74.4 cm³/mol. The highest BCUT2D eigenvalue weighted by Crippen LogP contribution is 2.37. The van der Waals surface area contributed by atoms with Crippen molar-refractivity contribution in [1.29, 1.82) is 0 Å². The zero-order valence-corrected chi connectivity index (χ0v) is 11.7. The molecule has 1 amide bonds. The molecule has 1 aromatic carbocycles. The predicted octanol–water partition coefficient (Wildman–Crippen LogP) is 3.02. The van der Waals surface area contributed by atoms with Gasteiger partial charge in [-0.2, -0.15) is 0 Å². The molecule has 0 aromatic heterocycles. The van der Waals surface area contributed by atoms with Gasteiger partial charge in [0.1, 0.15) is 5.82 Å². The van der Waals surface area contributed by atoms with E-state index in [0.29, 0.717) is 16.8 Å². The standard InChI is InChI=1S/C15H21FN2O/c1-9-12(16)6-10(7-13(9)17)14(19)18-11-4-5-15(2,3)8-11/h6-7,11H,4-5,8,17H2,1-3H3,(H,18,19). The monoisotopic (exact) mass is 264 g/mol. The summed E-state index contributed by atoms with van der Waals surface area (Å²) in [5.41, 5.74) is 6.96. The van der Waals surface area contributed by atoms with E-state index in [9.17, 15) is 9.18 Å². The van der Waals surface area contributed by atoms with E-state index in [1.165, 1.54) is 12.1 Å². The van der Waals surface area contributed by atoms with Crippen LogP contribution in [0.15, 0.2) is 12.1 Å². The van der Waals surface area contributed by atoms with Gasteiger partial charge in [0.2, 0.25) is 0 Å². The van der Waals surface area contributed by atoms with E-state index in [4.69, 9.17) is 5.73 Å². The van der Waals surface area contributed by atoms with Gasteiger partial charge in [0, 0.05) is 22.9 Å². The maximum Gasteiger partial charge on any atom is 0.251 e. The van der Waals surface area contributed by atoms with Crippen molar-refractivity contribution >= 4 is 11.6 Å². The molecule has 1 unspecified atom stereocenters. The summed E-state index contributed by atoms with van der Waals surface area (Å²) >= 11 is 0.